The van der Waals surface area contributed by atoms with Gasteiger partial charge in [0.25, 0.3) is 0 Å². The van der Waals surface area contributed by atoms with Crippen molar-refractivity contribution in [2.24, 2.45) is 0 Å². The number of nitrogens with zero attached hydrogens (tertiary/aromatic N) is 3. The first kappa shape index (κ1) is 26.0. The normalized spacial score (nSPS) is 13.7. The molecule has 3 N–H and O–H groups in total. The highest BCUT2D eigenvalue weighted by Gasteiger charge is 2.23. The molecule has 1 aromatic carbocycles. The van der Waals surface area contributed by atoms with Gasteiger partial charge in [-0.15, -0.1) is 0 Å². The Hall–Kier alpha value is -2.63. The number of anilines is 3. The van der Waals surface area contributed by atoms with Gasteiger partial charge in [0.05, 0.1) is 30.2 Å². The molecule has 9 nitrogen and oxygen atoms in total. The van der Waals surface area contributed by atoms with E-state index >= 15 is 0 Å². The van der Waals surface area contributed by atoms with E-state index in [1.807, 2.05) is 6.07 Å². The third-order valence-corrected chi connectivity index (χ3v) is 7.90. The van der Waals surface area contributed by atoms with Crippen LogP contribution in [0.1, 0.15) is 63.2 Å². The summed E-state index contributed by atoms with van der Waals surface area (Å²) >= 11 is 0.987. The number of phenolic OH excluding ortho intramolecular Hbond substituents is 1. The fraction of sp³-hybridized carbons (Fsp3) is 0.478. The second-order valence-electron chi connectivity index (χ2n) is 8.65. The zero-order valence-corrected chi connectivity index (χ0v) is 21.7. The lowest BCUT2D eigenvalue weighted by atomic mass is 10.1. The second-order valence-corrected chi connectivity index (χ2v) is 11.3. The van der Waals surface area contributed by atoms with Crippen LogP contribution in [0.15, 0.2) is 39.8 Å². The molecule has 0 radical (unpaired) electrons. The number of phenols is 1. The molecule has 34 heavy (non-hydrogen) atoms. The number of aromatic hydroxyl groups is 1. The summed E-state index contributed by atoms with van der Waals surface area (Å²) in [6, 6.07) is 6.43. The van der Waals surface area contributed by atoms with E-state index < -0.39 is 10.0 Å². The Kier molecular flexibility index (Phi) is 8.92. The van der Waals surface area contributed by atoms with Crippen molar-refractivity contribution in [3.63, 3.8) is 0 Å². The van der Waals surface area contributed by atoms with Crippen molar-refractivity contribution in [2.45, 2.75) is 63.3 Å². The van der Waals surface area contributed by atoms with Gasteiger partial charge >= 0.3 is 0 Å². The zero-order chi connectivity index (χ0) is 24.7. The van der Waals surface area contributed by atoms with Crippen LogP contribution in [0.4, 0.5) is 17.3 Å². The van der Waals surface area contributed by atoms with E-state index in [-0.39, 0.29) is 16.3 Å². The van der Waals surface area contributed by atoms with Crippen molar-refractivity contribution in [2.75, 3.05) is 24.7 Å². The molecule has 0 aliphatic heterocycles. The number of para-hydroxylation sites is 1. The van der Waals surface area contributed by atoms with Crippen LogP contribution in [0.25, 0.3) is 0 Å². The number of sulfonamides is 1. The van der Waals surface area contributed by atoms with Crippen LogP contribution >= 0.6 is 11.7 Å². The number of benzene rings is 1. The topological polar surface area (TPSA) is 121 Å². The van der Waals surface area contributed by atoms with E-state index in [0.29, 0.717) is 24.1 Å². The summed E-state index contributed by atoms with van der Waals surface area (Å²) < 4.78 is 39.7. The van der Waals surface area contributed by atoms with E-state index in [9.17, 15) is 13.5 Å². The number of furan rings is 1. The molecule has 1 saturated carbocycles. The van der Waals surface area contributed by atoms with Gasteiger partial charge < -0.3 is 20.2 Å². The Morgan fingerprint density at radius 1 is 1.12 bits per heavy atom. The highest BCUT2D eigenvalue weighted by atomic mass is 32.2. The smallest absolute Gasteiger partial charge is 0.246 e. The first-order chi connectivity index (χ1) is 16.2. The Morgan fingerprint density at radius 3 is 2.35 bits per heavy atom. The van der Waals surface area contributed by atoms with Crippen LogP contribution in [0.2, 0.25) is 0 Å². The van der Waals surface area contributed by atoms with Gasteiger partial charge in [-0.25, -0.2) is 12.7 Å². The predicted molar refractivity (Wildman–Crippen MR) is 135 cm³/mol. The van der Waals surface area contributed by atoms with E-state index in [4.69, 9.17) is 4.42 Å². The van der Waals surface area contributed by atoms with Gasteiger partial charge in [-0.2, -0.15) is 8.75 Å². The van der Waals surface area contributed by atoms with Crippen molar-refractivity contribution < 1.29 is 17.9 Å². The van der Waals surface area contributed by atoms with E-state index in [1.54, 1.807) is 18.4 Å². The summed E-state index contributed by atoms with van der Waals surface area (Å²) in [6.07, 6.45) is 9.23. The SMILES string of the molecule is C1CCCC1.CC(C)c1coc(CNc2nsnc2Nc2cccc(S(=O)(=O)N(C)C)c2O)c1. The maximum Gasteiger partial charge on any atom is 0.246 e. The van der Waals surface area contributed by atoms with E-state index in [2.05, 4.69) is 33.2 Å². The Bertz CT molecular complexity index is 1160. The first-order valence-corrected chi connectivity index (χ1v) is 13.5. The Balaban J connectivity index is 0.000000574. The van der Waals surface area contributed by atoms with Gasteiger partial charge in [-0.3, -0.25) is 0 Å². The minimum atomic E-state index is -3.79. The summed E-state index contributed by atoms with van der Waals surface area (Å²) in [5, 5.41) is 16.6. The maximum absolute atomic E-state index is 12.4. The summed E-state index contributed by atoms with van der Waals surface area (Å²) in [6.45, 7) is 4.59. The molecule has 0 amide bonds. The molecule has 11 heteroatoms. The molecule has 4 rings (SSSR count). The van der Waals surface area contributed by atoms with Crippen LogP contribution < -0.4 is 10.6 Å². The van der Waals surface area contributed by atoms with Crippen LogP contribution in [0.3, 0.4) is 0 Å². The molecule has 2 heterocycles. The molecule has 0 saturated heterocycles. The molecule has 186 valence electrons. The fourth-order valence-electron chi connectivity index (χ4n) is 3.39. The zero-order valence-electron chi connectivity index (χ0n) is 20.0. The first-order valence-electron chi connectivity index (χ1n) is 11.4. The number of rotatable bonds is 8. The summed E-state index contributed by atoms with van der Waals surface area (Å²) in [7, 11) is -0.982. The lowest BCUT2D eigenvalue weighted by Crippen LogP contribution is -2.22. The Morgan fingerprint density at radius 2 is 1.76 bits per heavy atom. The van der Waals surface area contributed by atoms with Crippen molar-refractivity contribution in [1.29, 1.82) is 0 Å². The molecular weight excluding hydrogens is 474 g/mol. The lowest BCUT2D eigenvalue weighted by Gasteiger charge is -2.15. The summed E-state index contributed by atoms with van der Waals surface area (Å²) in [4.78, 5) is -0.193. The van der Waals surface area contributed by atoms with Crippen molar-refractivity contribution in [3.8, 4) is 5.75 Å². The third-order valence-electron chi connectivity index (χ3n) is 5.52. The highest BCUT2D eigenvalue weighted by Crippen LogP contribution is 2.35. The Labute approximate surface area is 205 Å². The molecule has 3 aromatic rings. The predicted octanol–water partition coefficient (Wildman–Crippen LogP) is 5.52. The largest absolute Gasteiger partial charge is 0.504 e. The average Bonchev–Trinajstić information content (AvgIpc) is 3.57. The average molecular weight is 508 g/mol. The second kappa shape index (κ2) is 11.7. The highest BCUT2D eigenvalue weighted by molar-refractivity contribution is 7.89. The number of nitrogens with one attached hydrogen (secondary N) is 2. The van der Waals surface area contributed by atoms with Crippen LogP contribution in [0, 0.1) is 0 Å². The number of aromatic nitrogens is 2. The molecule has 1 fully saturated rings. The van der Waals surface area contributed by atoms with Crippen molar-refractivity contribution in [1.82, 2.24) is 13.1 Å². The van der Waals surface area contributed by atoms with Crippen LogP contribution in [-0.2, 0) is 16.6 Å². The molecule has 2 aromatic heterocycles. The van der Waals surface area contributed by atoms with Crippen molar-refractivity contribution in [3.05, 3.63) is 41.9 Å². The third kappa shape index (κ3) is 6.49. The molecule has 0 bridgehead atoms. The minimum Gasteiger partial charge on any atom is -0.504 e. The summed E-state index contributed by atoms with van der Waals surface area (Å²) in [5.41, 5.74) is 1.32. The summed E-state index contributed by atoms with van der Waals surface area (Å²) in [5.74, 6) is 1.60. The molecule has 0 unspecified atom stereocenters. The minimum absolute atomic E-state index is 0.193. The molecule has 0 atom stereocenters. The van der Waals surface area contributed by atoms with Gasteiger partial charge in [0.1, 0.15) is 10.7 Å². The van der Waals surface area contributed by atoms with Gasteiger partial charge in [0.2, 0.25) is 10.0 Å². The maximum atomic E-state index is 12.4. The monoisotopic (exact) mass is 507 g/mol. The van der Waals surface area contributed by atoms with E-state index in [0.717, 1.165) is 27.4 Å². The number of hydrogen-bond acceptors (Lipinski definition) is 9. The standard InChI is InChI=1S/C18H23N5O4S2.C5H10/c1-11(2)12-8-13(27-10-12)9-19-17-18(22-28-21-17)20-14-6-5-7-15(16(14)24)29(25,26)23(3)4;1-2-4-5-3-1/h5-8,10-11,24H,9H2,1-4H3,(H,19,21)(H,20,22);1-5H2. The molecule has 1 aliphatic rings. The van der Waals surface area contributed by atoms with Crippen LogP contribution in [0.5, 0.6) is 5.75 Å². The van der Waals surface area contributed by atoms with Crippen LogP contribution in [-0.4, -0.2) is 40.7 Å². The lowest BCUT2D eigenvalue weighted by molar-refractivity contribution is 0.454. The van der Waals surface area contributed by atoms with Gasteiger partial charge in [-0.1, -0.05) is 52.0 Å². The number of hydrogen-bond donors (Lipinski definition) is 3. The van der Waals surface area contributed by atoms with Gasteiger partial charge in [0.15, 0.2) is 17.4 Å². The van der Waals surface area contributed by atoms with E-state index in [1.165, 1.54) is 52.3 Å². The molecule has 0 spiro atoms. The van der Waals surface area contributed by atoms with Crippen molar-refractivity contribution >= 4 is 39.1 Å². The van der Waals surface area contributed by atoms with Gasteiger partial charge in [-0.05, 0) is 29.7 Å². The quantitative estimate of drug-likeness (QED) is 0.341. The fourth-order valence-corrected chi connectivity index (χ4v) is 4.88. The molecular formula is C23H33N5O4S2. The molecule has 1 aliphatic carbocycles. The van der Waals surface area contributed by atoms with Gasteiger partial charge in [0, 0.05) is 14.1 Å².